The average molecular weight is 690 g/mol. The summed E-state index contributed by atoms with van der Waals surface area (Å²) in [5.74, 6) is 0. The van der Waals surface area contributed by atoms with Gasteiger partial charge in [0.15, 0.2) is 0 Å². The van der Waals surface area contributed by atoms with E-state index in [-0.39, 0.29) is 0 Å². The van der Waals surface area contributed by atoms with E-state index in [0.29, 0.717) is 0 Å². The van der Waals surface area contributed by atoms with Gasteiger partial charge in [-0.1, -0.05) is 152 Å². The predicted molar refractivity (Wildman–Crippen MR) is 228 cm³/mol. The molecule has 9 aromatic carbocycles. The second-order valence-electron chi connectivity index (χ2n) is 13.8. The van der Waals surface area contributed by atoms with Gasteiger partial charge >= 0.3 is 0 Å². The van der Waals surface area contributed by atoms with Gasteiger partial charge in [0.25, 0.3) is 0 Å². The Balaban J connectivity index is 1.02. The number of benzene rings is 9. The highest BCUT2D eigenvalue weighted by Gasteiger charge is 2.17. The van der Waals surface area contributed by atoms with E-state index in [9.17, 15) is 0 Å². The van der Waals surface area contributed by atoms with Crippen molar-refractivity contribution in [1.29, 1.82) is 0 Å². The van der Waals surface area contributed by atoms with Crippen molar-refractivity contribution >= 4 is 49.8 Å². The first kappa shape index (κ1) is 31.6. The molecule has 1 aromatic heterocycles. The second-order valence-corrected chi connectivity index (χ2v) is 13.8. The molecule has 2 nitrogen and oxygen atoms in total. The first-order valence-electron chi connectivity index (χ1n) is 18.4. The van der Waals surface area contributed by atoms with Gasteiger partial charge in [0.2, 0.25) is 0 Å². The number of fused-ring (bicyclic) bond motifs is 4. The van der Waals surface area contributed by atoms with Crippen LogP contribution in [0.25, 0.3) is 77.2 Å². The Bertz CT molecular complexity index is 2890. The molecule has 0 bridgehead atoms. The molecule has 0 N–H and O–H groups in total. The maximum atomic E-state index is 6.54. The minimum atomic E-state index is 0.899. The van der Waals surface area contributed by atoms with Gasteiger partial charge in [0, 0.05) is 33.4 Å². The highest BCUT2D eigenvalue weighted by atomic mass is 16.3. The molecule has 0 atom stereocenters. The maximum absolute atomic E-state index is 6.54. The standard InChI is InChI=1S/C52H35NO/c1-3-11-36(12-4-1)38-19-21-39(22-20-38)40-25-29-46(30-26-40)53(45-15-5-2-6-16-45)47-31-27-41(28-32-47)44-34-49(43-24-23-37-13-7-8-14-42(37)33-43)52-50(35-44)48-17-9-10-18-51(48)54-52/h1-35H. The molecule has 10 rings (SSSR count). The van der Waals surface area contributed by atoms with E-state index in [2.05, 4.69) is 211 Å². The van der Waals surface area contributed by atoms with Crippen LogP contribution in [0.2, 0.25) is 0 Å². The zero-order valence-electron chi connectivity index (χ0n) is 29.6. The molecule has 0 fully saturated rings. The molecular formula is C52H35NO. The summed E-state index contributed by atoms with van der Waals surface area (Å²) >= 11 is 0. The SMILES string of the molecule is c1ccc(-c2ccc(-c3ccc(N(c4ccccc4)c4ccc(-c5cc(-c6ccc7ccccc7c6)c6oc7ccccc7c6c5)cc4)cc3)cc2)cc1. The van der Waals surface area contributed by atoms with Crippen LogP contribution in [0, 0.1) is 0 Å². The van der Waals surface area contributed by atoms with Crippen LogP contribution in [0.1, 0.15) is 0 Å². The number of rotatable bonds is 7. The number of anilines is 3. The van der Waals surface area contributed by atoms with Crippen LogP contribution < -0.4 is 4.90 Å². The summed E-state index contributed by atoms with van der Waals surface area (Å²) in [6, 6.07) is 75.8. The lowest BCUT2D eigenvalue weighted by atomic mass is 9.94. The van der Waals surface area contributed by atoms with Crippen LogP contribution in [0.5, 0.6) is 0 Å². The van der Waals surface area contributed by atoms with Crippen molar-refractivity contribution in [2.24, 2.45) is 0 Å². The largest absolute Gasteiger partial charge is 0.455 e. The van der Waals surface area contributed by atoms with E-state index in [1.165, 1.54) is 33.0 Å². The van der Waals surface area contributed by atoms with Crippen molar-refractivity contribution in [2.75, 3.05) is 4.90 Å². The van der Waals surface area contributed by atoms with Crippen molar-refractivity contribution in [3.63, 3.8) is 0 Å². The van der Waals surface area contributed by atoms with Crippen LogP contribution in [0.15, 0.2) is 217 Å². The fourth-order valence-corrected chi connectivity index (χ4v) is 7.68. The first-order chi connectivity index (χ1) is 26.7. The molecule has 54 heavy (non-hydrogen) atoms. The zero-order valence-corrected chi connectivity index (χ0v) is 29.6. The Morgan fingerprint density at radius 1 is 0.296 bits per heavy atom. The summed E-state index contributed by atoms with van der Waals surface area (Å²) in [7, 11) is 0. The lowest BCUT2D eigenvalue weighted by Crippen LogP contribution is -2.09. The summed E-state index contributed by atoms with van der Waals surface area (Å²) in [5.41, 5.74) is 14.5. The molecule has 0 aliphatic rings. The molecule has 0 saturated carbocycles. The third-order valence-corrected chi connectivity index (χ3v) is 10.5. The topological polar surface area (TPSA) is 16.4 Å². The Morgan fingerprint density at radius 2 is 0.778 bits per heavy atom. The Hall–Kier alpha value is -7.16. The molecule has 0 spiro atoms. The van der Waals surface area contributed by atoms with Gasteiger partial charge in [-0.05, 0) is 110 Å². The molecule has 10 aromatic rings. The Labute approximate surface area is 314 Å². The zero-order chi connectivity index (χ0) is 35.8. The quantitative estimate of drug-likeness (QED) is 0.166. The molecule has 0 radical (unpaired) electrons. The van der Waals surface area contributed by atoms with E-state index < -0.39 is 0 Å². The lowest BCUT2D eigenvalue weighted by Gasteiger charge is -2.26. The van der Waals surface area contributed by atoms with E-state index in [1.807, 2.05) is 6.07 Å². The van der Waals surface area contributed by atoms with E-state index >= 15 is 0 Å². The summed E-state index contributed by atoms with van der Waals surface area (Å²) in [6.45, 7) is 0. The smallest absolute Gasteiger partial charge is 0.143 e. The van der Waals surface area contributed by atoms with Crippen molar-refractivity contribution in [2.45, 2.75) is 0 Å². The number of nitrogens with zero attached hydrogens (tertiary/aromatic N) is 1. The molecule has 254 valence electrons. The number of hydrogen-bond donors (Lipinski definition) is 0. The van der Waals surface area contributed by atoms with Crippen molar-refractivity contribution in [3.8, 4) is 44.5 Å². The summed E-state index contributed by atoms with van der Waals surface area (Å²) in [5, 5.41) is 4.68. The molecule has 1 heterocycles. The normalized spacial score (nSPS) is 11.3. The number of furan rings is 1. The molecule has 0 aliphatic carbocycles. The average Bonchev–Trinajstić information content (AvgIpc) is 3.63. The van der Waals surface area contributed by atoms with Crippen molar-refractivity contribution in [3.05, 3.63) is 212 Å². The second kappa shape index (κ2) is 13.4. The fraction of sp³-hybridized carbons (Fsp3) is 0. The van der Waals surface area contributed by atoms with E-state index in [1.54, 1.807) is 0 Å². The van der Waals surface area contributed by atoms with E-state index in [0.717, 1.165) is 61.3 Å². The highest BCUT2D eigenvalue weighted by Crippen LogP contribution is 2.42. The summed E-state index contributed by atoms with van der Waals surface area (Å²) in [6.07, 6.45) is 0. The molecule has 0 aliphatic heterocycles. The molecular weight excluding hydrogens is 655 g/mol. The number of hydrogen-bond acceptors (Lipinski definition) is 2. The summed E-state index contributed by atoms with van der Waals surface area (Å²) in [4.78, 5) is 2.32. The van der Waals surface area contributed by atoms with Crippen LogP contribution in [-0.2, 0) is 0 Å². The number of para-hydroxylation sites is 2. The minimum Gasteiger partial charge on any atom is -0.455 e. The van der Waals surface area contributed by atoms with Gasteiger partial charge in [-0.25, -0.2) is 0 Å². The fourth-order valence-electron chi connectivity index (χ4n) is 7.68. The van der Waals surface area contributed by atoms with Gasteiger partial charge in [-0.3, -0.25) is 0 Å². The summed E-state index contributed by atoms with van der Waals surface area (Å²) < 4.78 is 6.54. The van der Waals surface area contributed by atoms with Gasteiger partial charge < -0.3 is 9.32 Å². The highest BCUT2D eigenvalue weighted by molar-refractivity contribution is 6.11. The third-order valence-electron chi connectivity index (χ3n) is 10.5. The van der Waals surface area contributed by atoms with Crippen LogP contribution in [0.3, 0.4) is 0 Å². The maximum Gasteiger partial charge on any atom is 0.143 e. The Morgan fingerprint density at radius 3 is 1.44 bits per heavy atom. The molecule has 2 heteroatoms. The van der Waals surface area contributed by atoms with Gasteiger partial charge in [0.1, 0.15) is 11.2 Å². The molecule has 0 amide bonds. The van der Waals surface area contributed by atoms with Gasteiger partial charge in [0.05, 0.1) is 0 Å². The van der Waals surface area contributed by atoms with Crippen molar-refractivity contribution < 1.29 is 4.42 Å². The van der Waals surface area contributed by atoms with Crippen LogP contribution in [-0.4, -0.2) is 0 Å². The van der Waals surface area contributed by atoms with Gasteiger partial charge in [-0.2, -0.15) is 0 Å². The lowest BCUT2D eigenvalue weighted by molar-refractivity contribution is 0.670. The van der Waals surface area contributed by atoms with E-state index in [4.69, 9.17) is 4.42 Å². The van der Waals surface area contributed by atoms with Crippen LogP contribution in [0.4, 0.5) is 17.1 Å². The predicted octanol–water partition coefficient (Wildman–Crippen LogP) is 14.9. The molecule has 0 saturated heterocycles. The molecule has 0 unspecified atom stereocenters. The first-order valence-corrected chi connectivity index (χ1v) is 18.4. The monoisotopic (exact) mass is 689 g/mol. The van der Waals surface area contributed by atoms with Crippen LogP contribution >= 0.6 is 0 Å². The Kier molecular flexibility index (Phi) is 7.85. The minimum absolute atomic E-state index is 0.899. The van der Waals surface area contributed by atoms with Crippen molar-refractivity contribution in [1.82, 2.24) is 0 Å². The third kappa shape index (κ3) is 5.81. The van der Waals surface area contributed by atoms with Gasteiger partial charge in [-0.15, -0.1) is 0 Å².